The Hall–Kier alpha value is -1.39. The molecule has 1 aromatic heterocycles. The minimum atomic E-state index is -0.156. The lowest BCUT2D eigenvalue weighted by molar-refractivity contribution is 0.0905. The van der Waals surface area contributed by atoms with E-state index in [9.17, 15) is 4.79 Å². The highest BCUT2D eigenvalue weighted by molar-refractivity contribution is 5.90. The van der Waals surface area contributed by atoms with Gasteiger partial charge in [0.15, 0.2) is 0 Å². The predicted octanol–water partition coefficient (Wildman–Crippen LogP) is 2.66. The van der Waals surface area contributed by atoms with E-state index in [4.69, 9.17) is 0 Å². The molecule has 1 heterocycles. The Morgan fingerprint density at radius 2 is 2.10 bits per heavy atom. The van der Waals surface area contributed by atoms with Crippen molar-refractivity contribution in [1.29, 1.82) is 0 Å². The average Bonchev–Trinajstić information content (AvgIpc) is 3.13. The maximum atomic E-state index is 12.3. The van der Waals surface area contributed by atoms with Crippen molar-refractivity contribution in [2.45, 2.75) is 64.8 Å². The highest BCUT2D eigenvalue weighted by Crippen LogP contribution is 2.49. The van der Waals surface area contributed by atoms with E-state index < -0.39 is 0 Å². The van der Waals surface area contributed by atoms with Crippen molar-refractivity contribution in [3.05, 3.63) is 11.6 Å². The quantitative estimate of drug-likeness (QED) is 0.899. The van der Waals surface area contributed by atoms with Crippen LogP contribution in [0.3, 0.4) is 0 Å². The second kappa shape index (κ2) is 5.11. The van der Waals surface area contributed by atoms with Gasteiger partial charge in [0, 0.05) is 11.5 Å². The number of rotatable bonds is 3. The van der Waals surface area contributed by atoms with Gasteiger partial charge in [0.1, 0.15) is 5.82 Å². The molecule has 3 rings (SSSR count). The van der Waals surface area contributed by atoms with Gasteiger partial charge in [0.05, 0.1) is 0 Å². The van der Waals surface area contributed by atoms with Gasteiger partial charge in [-0.05, 0) is 43.9 Å². The molecule has 0 radical (unpaired) electrons. The second-order valence-electron chi connectivity index (χ2n) is 7.86. The van der Waals surface area contributed by atoms with Crippen molar-refractivity contribution in [2.75, 3.05) is 0 Å². The summed E-state index contributed by atoms with van der Waals surface area (Å²) in [5.74, 6) is 3.19. The van der Waals surface area contributed by atoms with E-state index in [0.717, 1.165) is 17.7 Å². The SMILES string of the molecule is CC(NC(=O)c1n[nH]c(C(C)(C)C)n1)C1CC2CCC1C2. The molecule has 2 fully saturated rings. The third-order valence-corrected chi connectivity index (χ3v) is 5.19. The summed E-state index contributed by atoms with van der Waals surface area (Å²) in [5.41, 5.74) is -0.123. The third-order valence-electron chi connectivity index (χ3n) is 5.19. The van der Waals surface area contributed by atoms with E-state index >= 15 is 0 Å². The zero-order valence-corrected chi connectivity index (χ0v) is 13.4. The van der Waals surface area contributed by atoms with Crippen LogP contribution in [0.2, 0.25) is 0 Å². The van der Waals surface area contributed by atoms with Crippen molar-refractivity contribution >= 4 is 5.91 Å². The first-order valence-electron chi connectivity index (χ1n) is 8.08. The Labute approximate surface area is 126 Å². The van der Waals surface area contributed by atoms with Crippen molar-refractivity contribution in [3.63, 3.8) is 0 Å². The number of carbonyl (C=O) groups excluding carboxylic acids is 1. The van der Waals surface area contributed by atoms with Crippen molar-refractivity contribution in [1.82, 2.24) is 20.5 Å². The minimum absolute atomic E-state index is 0.123. The molecule has 2 bridgehead atoms. The molecule has 116 valence electrons. The monoisotopic (exact) mass is 290 g/mol. The highest BCUT2D eigenvalue weighted by Gasteiger charge is 2.42. The maximum absolute atomic E-state index is 12.3. The number of aromatic nitrogens is 3. The predicted molar refractivity (Wildman–Crippen MR) is 80.9 cm³/mol. The lowest BCUT2D eigenvalue weighted by atomic mass is 9.84. The molecule has 0 spiro atoms. The van der Waals surface area contributed by atoms with E-state index in [1.165, 1.54) is 25.7 Å². The normalized spacial score (nSPS) is 29.6. The van der Waals surface area contributed by atoms with Gasteiger partial charge in [-0.2, -0.15) is 0 Å². The first kappa shape index (κ1) is 14.5. The fraction of sp³-hybridized carbons (Fsp3) is 0.812. The molecule has 0 saturated heterocycles. The molecule has 5 nitrogen and oxygen atoms in total. The number of hydrogen-bond acceptors (Lipinski definition) is 3. The first-order valence-corrected chi connectivity index (χ1v) is 8.08. The van der Waals surface area contributed by atoms with Crippen molar-refractivity contribution in [2.24, 2.45) is 17.8 Å². The zero-order chi connectivity index (χ0) is 15.2. The van der Waals surface area contributed by atoms with Crippen LogP contribution in [0.25, 0.3) is 0 Å². The van der Waals surface area contributed by atoms with E-state index in [-0.39, 0.29) is 23.2 Å². The summed E-state index contributed by atoms with van der Waals surface area (Å²) in [6, 6.07) is 0.212. The number of amides is 1. The van der Waals surface area contributed by atoms with Crippen LogP contribution in [0.5, 0.6) is 0 Å². The van der Waals surface area contributed by atoms with E-state index in [1.54, 1.807) is 0 Å². The summed E-state index contributed by atoms with van der Waals surface area (Å²) >= 11 is 0. The number of nitrogens with zero attached hydrogens (tertiary/aromatic N) is 2. The molecular formula is C16H26N4O. The minimum Gasteiger partial charge on any atom is -0.347 e. The van der Waals surface area contributed by atoms with Crippen LogP contribution < -0.4 is 5.32 Å². The molecule has 2 N–H and O–H groups in total. The van der Waals surface area contributed by atoms with Crippen LogP contribution in [0.4, 0.5) is 0 Å². The summed E-state index contributed by atoms with van der Waals surface area (Å²) in [6.45, 7) is 8.27. The van der Waals surface area contributed by atoms with Crippen LogP contribution >= 0.6 is 0 Å². The largest absolute Gasteiger partial charge is 0.347 e. The molecule has 1 aromatic rings. The van der Waals surface area contributed by atoms with Gasteiger partial charge in [-0.1, -0.05) is 27.2 Å². The molecule has 2 aliphatic rings. The van der Waals surface area contributed by atoms with Gasteiger partial charge in [-0.15, -0.1) is 5.10 Å². The fourth-order valence-electron chi connectivity index (χ4n) is 3.98. The molecule has 2 saturated carbocycles. The standard InChI is InChI=1S/C16H26N4O/c1-9(12-8-10-5-6-11(12)7-10)17-14(21)13-18-15(20-19-13)16(2,3)4/h9-12H,5-8H2,1-4H3,(H,17,21)(H,18,19,20). The van der Waals surface area contributed by atoms with Gasteiger partial charge in [-0.3, -0.25) is 9.89 Å². The van der Waals surface area contributed by atoms with E-state index in [0.29, 0.717) is 5.92 Å². The van der Waals surface area contributed by atoms with Gasteiger partial charge < -0.3 is 5.32 Å². The molecule has 0 aliphatic heterocycles. The lowest BCUT2D eigenvalue weighted by Crippen LogP contribution is -2.40. The number of hydrogen-bond donors (Lipinski definition) is 2. The number of carbonyl (C=O) groups is 1. The van der Waals surface area contributed by atoms with Crippen LogP contribution in [-0.2, 0) is 5.41 Å². The highest BCUT2D eigenvalue weighted by atomic mass is 16.2. The Balaban J connectivity index is 1.62. The molecule has 4 atom stereocenters. The zero-order valence-electron chi connectivity index (χ0n) is 13.4. The van der Waals surface area contributed by atoms with Crippen LogP contribution in [0, 0.1) is 17.8 Å². The lowest BCUT2D eigenvalue weighted by Gasteiger charge is -2.28. The molecule has 4 unspecified atom stereocenters. The Morgan fingerprint density at radius 1 is 1.33 bits per heavy atom. The van der Waals surface area contributed by atoms with E-state index in [2.05, 4.69) is 27.4 Å². The molecule has 21 heavy (non-hydrogen) atoms. The van der Waals surface area contributed by atoms with Crippen molar-refractivity contribution in [3.8, 4) is 0 Å². The Morgan fingerprint density at radius 3 is 2.62 bits per heavy atom. The summed E-state index contributed by atoms with van der Waals surface area (Å²) in [4.78, 5) is 16.6. The molecule has 0 aromatic carbocycles. The summed E-state index contributed by atoms with van der Waals surface area (Å²) in [7, 11) is 0. The fourth-order valence-corrected chi connectivity index (χ4v) is 3.98. The van der Waals surface area contributed by atoms with Gasteiger partial charge in [0.2, 0.25) is 5.82 Å². The smallest absolute Gasteiger partial charge is 0.291 e. The van der Waals surface area contributed by atoms with Gasteiger partial charge >= 0.3 is 0 Å². The van der Waals surface area contributed by atoms with Crippen LogP contribution in [0.15, 0.2) is 0 Å². The molecule has 2 aliphatic carbocycles. The second-order valence-corrected chi connectivity index (χ2v) is 7.86. The topological polar surface area (TPSA) is 70.7 Å². The van der Waals surface area contributed by atoms with Crippen LogP contribution in [-0.4, -0.2) is 27.1 Å². The summed E-state index contributed by atoms with van der Waals surface area (Å²) in [5, 5.41) is 10.0. The molecule has 1 amide bonds. The van der Waals surface area contributed by atoms with E-state index in [1.807, 2.05) is 20.8 Å². The molecule has 5 heteroatoms. The van der Waals surface area contributed by atoms with Gasteiger partial charge in [0.25, 0.3) is 5.91 Å². The number of aromatic amines is 1. The Kier molecular flexibility index (Phi) is 3.54. The third kappa shape index (κ3) is 2.83. The number of nitrogens with one attached hydrogen (secondary N) is 2. The maximum Gasteiger partial charge on any atom is 0.291 e. The van der Waals surface area contributed by atoms with Gasteiger partial charge in [-0.25, -0.2) is 4.98 Å². The summed E-state index contributed by atoms with van der Waals surface area (Å²) in [6.07, 6.45) is 5.36. The Bertz CT molecular complexity index is 531. The molecular weight excluding hydrogens is 264 g/mol. The first-order chi connectivity index (χ1) is 9.84. The van der Waals surface area contributed by atoms with Crippen molar-refractivity contribution < 1.29 is 4.79 Å². The van der Waals surface area contributed by atoms with Crippen LogP contribution in [0.1, 0.15) is 69.8 Å². The number of H-pyrrole nitrogens is 1. The average molecular weight is 290 g/mol. The number of fused-ring (bicyclic) bond motifs is 2. The summed E-state index contributed by atoms with van der Waals surface area (Å²) < 4.78 is 0.